The Hall–Kier alpha value is -2.97. The summed E-state index contributed by atoms with van der Waals surface area (Å²) in [6.07, 6.45) is -0.106. The largest absolute Gasteiger partial charge is 0.469 e. The second-order valence-electron chi connectivity index (χ2n) is 5.04. The minimum atomic E-state index is -1.10. The summed E-state index contributed by atoms with van der Waals surface area (Å²) < 4.78 is 9.17. The van der Waals surface area contributed by atoms with E-state index in [1.165, 1.54) is 25.3 Å². The Bertz CT molecular complexity index is 644. The fourth-order valence-corrected chi connectivity index (χ4v) is 2.01. The summed E-state index contributed by atoms with van der Waals surface area (Å²) in [6, 6.07) is 3.98. The molecule has 1 rings (SSSR count). The van der Waals surface area contributed by atoms with Gasteiger partial charge in [-0.15, -0.1) is 0 Å². The summed E-state index contributed by atoms with van der Waals surface area (Å²) in [4.78, 5) is 45.6. The Balaban J connectivity index is 2.95. The predicted octanol–water partition coefficient (Wildman–Crippen LogP) is 1.07. The molecule has 0 heterocycles. The van der Waals surface area contributed by atoms with Crippen molar-refractivity contribution in [2.24, 2.45) is 5.92 Å². The third-order valence-corrected chi connectivity index (χ3v) is 3.35. The van der Waals surface area contributed by atoms with Crippen LogP contribution in [0.2, 0.25) is 0 Å². The van der Waals surface area contributed by atoms with Crippen LogP contribution in [0.25, 0.3) is 0 Å². The zero-order valence-electron chi connectivity index (χ0n) is 13.5. The lowest BCUT2D eigenvalue weighted by Gasteiger charge is -2.22. The summed E-state index contributed by atoms with van der Waals surface area (Å²) in [6.45, 7) is 1.58. The molecular weight excluding hydrogens is 320 g/mol. The van der Waals surface area contributed by atoms with E-state index in [2.05, 4.69) is 14.8 Å². The van der Waals surface area contributed by atoms with Gasteiger partial charge in [0.05, 0.1) is 25.6 Å². The first-order valence-electron chi connectivity index (χ1n) is 7.00. The monoisotopic (exact) mass is 338 g/mol. The van der Waals surface area contributed by atoms with Crippen molar-refractivity contribution in [3.8, 4) is 0 Å². The molecule has 130 valence electrons. The van der Waals surface area contributed by atoms with Crippen LogP contribution in [0.1, 0.15) is 23.7 Å². The van der Waals surface area contributed by atoms with Gasteiger partial charge in [0.2, 0.25) is 0 Å². The minimum Gasteiger partial charge on any atom is -0.469 e. The van der Waals surface area contributed by atoms with Crippen LogP contribution in [0.4, 0.5) is 5.69 Å². The number of non-ortho nitro benzene ring substituents is 1. The summed E-state index contributed by atoms with van der Waals surface area (Å²) >= 11 is 0. The van der Waals surface area contributed by atoms with Crippen molar-refractivity contribution in [2.45, 2.75) is 19.4 Å². The number of nitrogens with one attached hydrogen (secondary N) is 1. The Morgan fingerprint density at radius 3 is 2.46 bits per heavy atom. The van der Waals surface area contributed by atoms with E-state index in [1.807, 2.05) is 0 Å². The first-order chi connectivity index (χ1) is 11.3. The molecule has 2 atom stereocenters. The number of nitro benzene ring substituents is 1. The number of carbonyl (C=O) groups excluding carboxylic acids is 3. The van der Waals surface area contributed by atoms with Gasteiger partial charge in [-0.05, 0) is 12.0 Å². The Morgan fingerprint density at radius 2 is 1.92 bits per heavy atom. The molecule has 1 aromatic carbocycles. The third kappa shape index (κ3) is 5.04. The van der Waals surface area contributed by atoms with Crippen LogP contribution in [-0.4, -0.2) is 43.0 Å². The molecule has 0 aliphatic rings. The Kier molecular flexibility index (Phi) is 6.84. The van der Waals surface area contributed by atoms with E-state index in [4.69, 9.17) is 0 Å². The highest BCUT2D eigenvalue weighted by Gasteiger charge is 2.30. The molecule has 9 heteroatoms. The number of methoxy groups -OCH3 is 2. The molecule has 0 saturated carbocycles. The topological polar surface area (TPSA) is 125 Å². The molecular formula is C15H18N2O7. The second kappa shape index (κ2) is 8.61. The number of hydrogen-bond acceptors (Lipinski definition) is 7. The van der Waals surface area contributed by atoms with Gasteiger partial charge in [0, 0.05) is 17.7 Å². The molecule has 0 aliphatic heterocycles. The first-order valence-corrected chi connectivity index (χ1v) is 7.00. The van der Waals surface area contributed by atoms with Crippen LogP contribution < -0.4 is 5.32 Å². The van der Waals surface area contributed by atoms with E-state index in [0.29, 0.717) is 0 Å². The van der Waals surface area contributed by atoms with Crippen molar-refractivity contribution < 1.29 is 28.8 Å². The SMILES string of the molecule is COC(=O)C[C@@H](C)[C@@H](NC(=O)c1cccc([N+](=O)[O-])c1)C(=O)OC. The molecule has 0 aliphatic carbocycles. The molecule has 24 heavy (non-hydrogen) atoms. The van der Waals surface area contributed by atoms with E-state index >= 15 is 0 Å². The molecule has 0 bridgehead atoms. The molecule has 1 N–H and O–H groups in total. The predicted molar refractivity (Wildman–Crippen MR) is 82.2 cm³/mol. The first kappa shape index (κ1) is 19.1. The van der Waals surface area contributed by atoms with Crippen molar-refractivity contribution >= 4 is 23.5 Å². The standard InChI is InChI=1S/C15H18N2O7/c1-9(7-12(18)23-2)13(15(20)24-3)16-14(19)10-5-4-6-11(8-10)17(21)22/h4-6,8-9,13H,7H2,1-3H3,(H,16,19)/t9-,13-/m1/s1. The molecule has 0 aromatic heterocycles. The zero-order valence-corrected chi connectivity index (χ0v) is 13.5. The number of rotatable bonds is 7. The van der Waals surface area contributed by atoms with Crippen molar-refractivity contribution in [3.05, 3.63) is 39.9 Å². The second-order valence-corrected chi connectivity index (χ2v) is 5.04. The van der Waals surface area contributed by atoms with Crippen molar-refractivity contribution in [1.82, 2.24) is 5.32 Å². The summed E-state index contributed by atoms with van der Waals surface area (Å²) in [5.41, 5.74) is -0.233. The van der Waals surface area contributed by atoms with Crippen LogP contribution in [0.15, 0.2) is 24.3 Å². The maximum atomic E-state index is 12.3. The maximum Gasteiger partial charge on any atom is 0.328 e. The number of amides is 1. The fraction of sp³-hybridized carbons (Fsp3) is 0.400. The summed E-state index contributed by atoms with van der Waals surface area (Å²) in [7, 11) is 2.36. The van der Waals surface area contributed by atoms with E-state index in [1.54, 1.807) is 6.92 Å². The average Bonchev–Trinajstić information content (AvgIpc) is 2.58. The van der Waals surface area contributed by atoms with Crippen LogP contribution in [0.3, 0.4) is 0 Å². The van der Waals surface area contributed by atoms with Gasteiger partial charge in [-0.1, -0.05) is 13.0 Å². The highest BCUT2D eigenvalue weighted by Crippen LogP contribution is 2.15. The van der Waals surface area contributed by atoms with Gasteiger partial charge in [0.25, 0.3) is 11.6 Å². The van der Waals surface area contributed by atoms with Crippen molar-refractivity contribution in [1.29, 1.82) is 0 Å². The number of esters is 2. The van der Waals surface area contributed by atoms with Gasteiger partial charge in [0.15, 0.2) is 0 Å². The van der Waals surface area contributed by atoms with Gasteiger partial charge in [-0.2, -0.15) is 0 Å². The molecule has 9 nitrogen and oxygen atoms in total. The third-order valence-electron chi connectivity index (χ3n) is 3.35. The number of ether oxygens (including phenoxy) is 2. The van der Waals surface area contributed by atoms with Crippen LogP contribution >= 0.6 is 0 Å². The van der Waals surface area contributed by atoms with Gasteiger partial charge in [-0.3, -0.25) is 19.7 Å². The number of hydrogen-bond donors (Lipinski definition) is 1. The Morgan fingerprint density at radius 1 is 1.25 bits per heavy atom. The smallest absolute Gasteiger partial charge is 0.328 e. The van der Waals surface area contributed by atoms with Crippen LogP contribution in [-0.2, 0) is 19.1 Å². The number of carbonyl (C=O) groups is 3. The van der Waals surface area contributed by atoms with Crippen molar-refractivity contribution in [2.75, 3.05) is 14.2 Å². The molecule has 0 fully saturated rings. The lowest BCUT2D eigenvalue weighted by Crippen LogP contribution is -2.46. The average molecular weight is 338 g/mol. The molecule has 0 unspecified atom stereocenters. The Labute approximate surface area is 138 Å². The van der Waals surface area contributed by atoms with Crippen molar-refractivity contribution in [3.63, 3.8) is 0 Å². The lowest BCUT2D eigenvalue weighted by molar-refractivity contribution is -0.384. The molecule has 1 amide bonds. The van der Waals surface area contributed by atoms with Crippen LogP contribution in [0, 0.1) is 16.0 Å². The fourth-order valence-electron chi connectivity index (χ4n) is 2.01. The minimum absolute atomic E-state index is 0.0170. The maximum absolute atomic E-state index is 12.3. The molecule has 0 spiro atoms. The highest BCUT2D eigenvalue weighted by molar-refractivity contribution is 5.97. The van der Waals surface area contributed by atoms with Gasteiger partial charge < -0.3 is 14.8 Å². The lowest BCUT2D eigenvalue weighted by atomic mass is 9.97. The number of benzene rings is 1. The normalized spacial score (nSPS) is 12.6. The highest BCUT2D eigenvalue weighted by atomic mass is 16.6. The number of nitro groups is 1. The van der Waals surface area contributed by atoms with Gasteiger partial charge >= 0.3 is 11.9 Å². The van der Waals surface area contributed by atoms with E-state index < -0.39 is 34.7 Å². The molecule has 1 aromatic rings. The van der Waals surface area contributed by atoms with E-state index in [-0.39, 0.29) is 17.7 Å². The quantitative estimate of drug-likeness (QED) is 0.448. The summed E-state index contributed by atoms with van der Waals surface area (Å²) in [5.74, 6) is -2.55. The summed E-state index contributed by atoms with van der Waals surface area (Å²) in [5, 5.41) is 13.2. The van der Waals surface area contributed by atoms with E-state index in [0.717, 1.165) is 13.2 Å². The van der Waals surface area contributed by atoms with Gasteiger partial charge in [-0.25, -0.2) is 4.79 Å². The van der Waals surface area contributed by atoms with E-state index in [9.17, 15) is 24.5 Å². The van der Waals surface area contributed by atoms with Gasteiger partial charge in [0.1, 0.15) is 6.04 Å². The molecule has 0 saturated heterocycles. The zero-order chi connectivity index (χ0) is 18.3. The van der Waals surface area contributed by atoms with Crippen LogP contribution in [0.5, 0.6) is 0 Å². The number of nitrogens with zero attached hydrogens (tertiary/aromatic N) is 1. The molecule has 0 radical (unpaired) electrons.